The number of rotatable bonds is 11. The Balaban J connectivity index is 0.000000210. The second kappa shape index (κ2) is 20.2. The third-order valence-corrected chi connectivity index (χ3v) is 14.0. The van der Waals surface area contributed by atoms with Crippen molar-refractivity contribution in [3.8, 4) is 0 Å². The van der Waals surface area contributed by atoms with Gasteiger partial charge in [0.15, 0.2) is 0 Å². The molecule has 7 rings (SSSR count). The van der Waals surface area contributed by atoms with Crippen LogP contribution in [0.3, 0.4) is 0 Å². The maximum atomic E-state index is 5.49. The van der Waals surface area contributed by atoms with Gasteiger partial charge in [0.1, 0.15) is 0 Å². The van der Waals surface area contributed by atoms with Gasteiger partial charge in [0.05, 0.1) is 13.2 Å². The zero-order chi connectivity index (χ0) is 33.0. The predicted octanol–water partition coefficient (Wildman–Crippen LogP) is 6.98. The first-order chi connectivity index (χ1) is 23.7. The third kappa shape index (κ3) is 10.6. The van der Waals surface area contributed by atoms with Crippen LogP contribution < -0.4 is 21.2 Å². The fourth-order valence-electron chi connectivity index (χ4n) is 6.23. The number of likely N-dealkylation sites (N-methyl/N-ethyl adjacent to an activating group) is 1. The molecule has 1 atom stereocenters. The molecule has 2 saturated carbocycles. The van der Waals surface area contributed by atoms with Gasteiger partial charge < -0.3 is 9.64 Å². The minimum atomic E-state index is -0.562. The molecule has 1 saturated heterocycles. The predicted molar refractivity (Wildman–Crippen MR) is 207 cm³/mol. The number of nitrogens with zero attached hydrogens (tertiary/aromatic N) is 2. The van der Waals surface area contributed by atoms with Crippen molar-refractivity contribution in [2.45, 2.75) is 13.0 Å². The summed E-state index contributed by atoms with van der Waals surface area (Å²) >= 11 is 0. The smallest absolute Gasteiger partial charge is 0.379 e. The maximum absolute atomic E-state index is 5.49. The van der Waals surface area contributed by atoms with E-state index >= 15 is 0 Å². The standard InChI is InChI=1S/C26H32N2OP.C17H14P.Fe/c1-22(27(2)16-17-28-18-20-29-21-19-28)25-14-9-15-26(25)30(23-10-5-3-6-11-23)24-12-7-4-8-13-24;1-3-9-15(10-4-1)18(17-13-7-8-14-17)16-11-5-2-6-12-16;/h3-15,22H,16-21H2,1-2H3;1-14H;/q;;+2/t22-;;/m1../s1. The Bertz CT molecular complexity index is 1370. The van der Waals surface area contributed by atoms with Gasteiger partial charge in [-0.25, -0.2) is 0 Å². The van der Waals surface area contributed by atoms with E-state index in [1.807, 2.05) is 0 Å². The van der Waals surface area contributed by atoms with E-state index in [4.69, 9.17) is 4.74 Å². The van der Waals surface area contributed by atoms with Gasteiger partial charge in [0.25, 0.3) is 0 Å². The van der Waals surface area contributed by atoms with E-state index in [9.17, 15) is 0 Å². The van der Waals surface area contributed by atoms with E-state index in [-0.39, 0.29) is 17.1 Å². The van der Waals surface area contributed by atoms with E-state index in [1.54, 1.807) is 0 Å². The summed E-state index contributed by atoms with van der Waals surface area (Å²) in [6, 6.07) is 43.9. The second-order valence-corrected chi connectivity index (χ2v) is 16.5. The van der Waals surface area contributed by atoms with Gasteiger partial charge in [-0.05, 0) is 96.0 Å². The largest absolute Gasteiger partial charge is 2.00 e. The first-order valence-corrected chi connectivity index (χ1v) is 19.7. The molecule has 250 valence electrons. The fourth-order valence-corrected chi connectivity index (χ4v) is 11.1. The Labute approximate surface area is 310 Å². The monoisotopic (exact) mass is 724 g/mol. The number of benzene rings is 4. The van der Waals surface area contributed by atoms with Crippen LogP contribution in [0.5, 0.6) is 0 Å². The zero-order valence-corrected chi connectivity index (χ0v) is 31.4. The van der Waals surface area contributed by atoms with Crippen LogP contribution in [0.25, 0.3) is 0 Å². The van der Waals surface area contributed by atoms with Gasteiger partial charge in [-0.3, -0.25) is 4.90 Å². The van der Waals surface area contributed by atoms with E-state index in [2.05, 4.69) is 190 Å². The summed E-state index contributed by atoms with van der Waals surface area (Å²) in [5.41, 5.74) is 2.90. The van der Waals surface area contributed by atoms with Crippen molar-refractivity contribution >= 4 is 37.1 Å². The molecular weight excluding hydrogens is 678 g/mol. The molecule has 3 nitrogen and oxygen atoms in total. The van der Waals surface area contributed by atoms with E-state index in [0.29, 0.717) is 6.04 Å². The van der Waals surface area contributed by atoms with Crippen molar-refractivity contribution < 1.29 is 21.8 Å². The van der Waals surface area contributed by atoms with E-state index in [0.717, 1.165) is 39.4 Å². The quantitative estimate of drug-likeness (QED) is 0.123. The molecule has 0 amide bonds. The first-order valence-electron chi connectivity index (χ1n) is 17.0. The molecule has 10 radical (unpaired) electrons. The van der Waals surface area contributed by atoms with Gasteiger partial charge in [0.2, 0.25) is 0 Å². The van der Waals surface area contributed by atoms with Crippen LogP contribution in [0.15, 0.2) is 121 Å². The molecule has 2 aliphatic carbocycles. The minimum Gasteiger partial charge on any atom is -0.379 e. The summed E-state index contributed by atoms with van der Waals surface area (Å²) in [6.45, 7) is 8.36. The zero-order valence-electron chi connectivity index (χ0n) is 28.5. The number of ether oxygens (including phenoxy) is 1. The molecule has 6 heteroatoms. The van der Waals surface area contributed by atoms with Gasteiger partial charge in [-0.15, -0.1) is 0 Å². The molecule has 3 fully saturated rings. The van der Waals surface area contributed by atoms with Crippen molar-refractivity contribution in [1.82, 2.24) is 9.80 Å². The summed E-state index contributed by atoms with van der Waals surface area (Å²) in [5.74, 6) is 1.46. The Hall–Kier alpha value is -1.86. The first kappa shape index (κ1) is 38.4. The molecule has 1 heterocycles. The second-order valence-electron chi connectivity index (χ2n) is 12.1. The SMILES string of the molecule is C[C@H]([C]1[CH][CH][CH][C]1P(c1ccccc1)c1ccccc1)N(C)CCN1CCOCC1.[CH]1[CH][CH][C](P(c2ccccc2)c2ccccc2)[CH]1.[Fe+2]. The molecule has 0 aromatic heterocycles. The summed E-state index contributed by atoms with van der Waals surface area (Å²) in [4.78, 5) is 5.01. The van der Waals surface area contributed by atoms with Crippen molar-refractivity contribution in [3.05, 3.63) is 184 Å². The average Bonchev–Trinajstić information content (AvgIpc) is 3.87. The topological polar surface area (TPSA) is 15.7 Å². The molecular formula is C43H46FeN2OP2+2. The molecule has 0 N–H and O–H groups in total. The fraction of sp³-hybridized carbons (Fsp3) is 0.209. The Morgan fingerprint density at radius 1 is 0.612 bits per heavy atom. The molecule has 4 aromatic rings. The maximum Gasteiger partial charge on any atom is 2.00 e. The molecule has 1 aliphatic heterocycles. The number of hydrogen-bond acceptors (Lipinski definition) is 3. The molecule has 0 spiro atoms. The summed E-state index contributed by atoms with van der Waals surface area (Å²) < 4.78 is 5.49. The van der Waals surface area contributed by atoms with Gasteiger partial charge >= 0.3 is 17.1 Å². The molecule has 0 unspecified atom stereocenters. The molecule has 4 aromatic carbocycles. The summed E-state index contributed by atoms with van der Waals surface area (Å²) in [7, 11) is 1.29. The van der Waals surface area contributed by atoms with Crippen molar-refractivity contribution in [2.75, 3.05) is 46.4 Å². The Kier molecular flexibility index (Phi) is 15.9. The number of morpholine rings is 1. The van der Waals surface area contributed by atoms with E-state index < -0.39 is 15.8 Å². The van der Waals surface area contributed by atoms with Gasteiger partial charge in [-0.1, -0.05) is 121 Å². The van der Waals surface area contributed by atoms with Crippen molar-refractivity contribution in [1.29, 1.82) is 0 Å². The summed E-state index contributed by atoms with van der Waals surface area (Å²) in [6.07, 6.45) is 15.6. The average molecular weight is 725 g/mol. The van der Waals surface area contributed by atoms with Crippen molar-refractivity contribution in [2.24, 2.45) is 0 Å². The van der Waals surface area contributed by atoms with Crippen LogP contribution in [-0.4, -0.2) is 62.3 Å². The van der Waals surface area contributed by atoms with Crippen LogP contribution in [0.4, 0.5) is 0 Å². The van der Waals surface area contributed by atoms with Crippen LogP contribution in [0.2, 0.25) is 0 Å². The van der Waals surface area contributed by atoms with Crippen LogP contribution in [0, 0.1) is 62.2 Å². The van der Waals surface area contributed by atoms with Gasteiger partial charge in [0, 0.05) is 49.5 Å². The molecule has 49 heavy (non-hydrogen) atoms. The molecule has 3 aliphatic rings. The van der Waals surface area contributed by atoms with Crippen LogP contribution in [-0.2, 0) is 21.8 Å². The summed E-state index contributed by atoms with van der Waals surface area (Å²) in [5, 5.41) is 5.64. The minimum absolute atomic E-state index is 0. The number of hydrogen-bond donors (Lipinski definition) is 0. The normalized spacial score (nSPS) is 18.4. The van der Waals surface area contributed by atoms with E-state index in [1.165, 1.54) is 38.5 Å². The Morgan fingerprint density at radius 2 is 1.06 bits per heavy atom. The van der Waals surface area contributed by atoms with Crippen LogP contribution >= 0.6 is 15.8 Å². The van der Waals surface area contributed by atoms with Crippen molar-refractivity contribution in [3.63, 3.8) is 0 Å². The van der Waals surface area contributed by atoms with Crippen LogP contribution in [0.1, 0.15) is 6.92 Å². The third-order valence-electron chi connectivity index (χ3n) is 9.01. The Morgan fingerprint density at radius 3 is 1.53 bits per heavy atom. The van der Waals surface area contributed by atoms with Gasteiger partial charge in [-0.2, -0.15) is 0 Å². The molecule has 0 bridgehead atoms.